The highest BCUT2D eigenvalue weighted by Gasteiger charge is 2.25. The lowest BCUT2D eigenvalue weighted by molar-refractivity contribution is 0.179. The van der Waals surface area contributed by atoms with Gasteiger partial charge in [0.1, 0.15) is 0 Å². The van der Waals surface area contributed by atoms with E-state index in [9.17, 15) is 0 Å². The number of hydrogen-bond donors (Lipinski definition) is 2. The first-order valence-electron chi connectivity index (χ1n) is 6.77. The van der Waals surface area contributed by atoms with Crippen LogP contribution in [0.4, 0.5) is 0 Å². The van der Waals surface area contributed by atoms with Gasteiger partial charge in [-0.15, -0.1) is 0 Å². The normalized spacial score (nSPS) is 23.8. The second kappa shape index (κ2) is 9.20. The van der Waals surface area contributed by atoms with E-state index in [1.54, 1.807) is 0 Å². The van der Waals surface area contributed by atoms with E-state index in [2.05, 4.69) is 19.2 Å². The van der Waals surface area contributed by atoms with Crippen molar-refractivity contribution in [2.75, 3.05) is 37.9 Å². The number of hydrogen-bond acceptors (Lipinski definition) is 4. The lowest BCUT2D eigenvalue weighted by Gasteiger charge is -2.24. The number of thioether (sulfide) groups is 1. The molecule has 0 aromatic carbocycles. The minimum Gasteiger partial charge on any atom is -0.396 e. The van der Waals surface area contributed by atoms with E-state index in [0.29, 0.717) is 24.5 Å². The molecule has 0 aromatic rings. The zero-order valence-electron chi connectivity index (χ0n) is 11.2. The van der Waals surface area contributed by atoms with Gasteiger partial charge in [-0.1, -0.05) is 13.8 Å². The molecule has 1 heterocycles. The Labute approximate surface area is 110 Å². The van der Waals surface area contributed by atoms with Gasteiger partial charge in [0.2, 0.25) is 0 Å². The SMILES string of the molecule is CCCNC(CSCC(C)CO)C1CCOC1. The predicted octanol–water partition coefficient (Wildman–Crippen LogP) is 1.75. The molecule has 1 fully saturated rings. The Balaban J connectivity index is 2.24. The van der Waals surface area contributed by atoms with Crippen molar-refractivity contribution >= 4 is 11.8 Å². The zero-order chi connectivity index (χ0) is 12.5. The summed E-state index contributed by atoms with van der Waals surface area (Å²) >= 11 is 1.95. The van der Waals surface area contributed by atoms with Crippen LogP contribution in [-0.2, 0) is 4.74 Å². The number of ether oxygens (including phenoxy) is 1. The van der Waals surface area contributed by atoms with Crippen LogP contribution in [0.15, 0.2) is 0 Å². The monoisotopic (exact) mass is 261 g/mol. The topological polar surface area (TPSA) is 41.5 Å². The molecule has 0 bridgehead atoms. The number of aliphatic hydroxyl groups excluding tert-OH is 1. The Bertz CT molecular complexity index is 186. The van der Waals surface area contributed by atoms with Gasteiger partial charge >= 0.3 is 0 Å². The molecule has 0 radical (unpaired) electrons. The van der Waals surface area contributed by atoms with Gasteiger partial charge in [-0.25, -0.2) is 0 Å². The molecule has 0 aliphatic carbocycles. The molecular weight excluding hydrogens is 234 g/mol. The summed E-state index contributed by atoms with van der Waals surface area (Å²) in [5.74, 6) is 3.28. The molecule has 3 atom stereocenters. The van der Waals surface area contributed by atoms with Crippen LogP contribution in [0.3, 0.4) is 0 Å². The predicted molar refractivity (Wildman–Crippen MR) is 74.6 cm³/mol. The Hall–Kier alpha value is 0.230. The summed E-state index contributed by atoms with van der Waals surface area (Å²) in [7, 11) is 0. The quantitative estimate of drug-likeness (QED) is 0.663. The third-order valence-electron chi connectivity index (χ3n) is 3.20. The van der Waals surface area contributed by atoms with Gasteiger partial charge in [-0.05, 0) is 31.1 Å². The molecule has 3 nitrogen and oxygen atoms in total. The number of rotatable bonds is 9. The maximum Gasteiger partial charge on any atom is 0.0510 e. The highest BCUT2D eigenvalue weighted by atomic mass is 32.2. The average Bonchev–Trinajstić information content (AvgIpc) is 2.86. The van der Waals surface area contributed by atoms with Crippen LogP contribution in [0.2, 0.25) is 0 Å². The van der Waals surface area contributed by atoms with E-state index in [1.807, 2.05) is 11.8 Å². The molecule has 4 heteroatoms. The average molecular weight is 261 g/mol. The molecule has 0 aromatic heterocycles. The van der Waals surface area contributed by atoms with Crippen molar-refractivity contribution < 1.29 is 9.84 Å². The molecule has 1 rings (SSSR count). The lowest BCUT2D eigenvalue weighted by atomic mass is 10.0. The van der Waals surface area contributed by atoms with Gasteiger partial charge < -0.3 is 15.2 Å². The zero-order valence-corrected chi connectivity index (χ0v) is 12.0. The van der Waals surface area contributed by atoms with E-state index in [4.69, 9.17) is 9.84 Å². The van der Waals surface area contributed by atoms with Crippen LogP contribution in [0.1, 0.15) is 26.7 Å². The van der Waals surface area contributed by atoms with Gasteiger partial charge in [-0.3, -0.25) is 0 Å². The largest absolute Gasteiger partial charge is 0.396 e. The van der Waals surface area contributed by atoms with Crippen molar-refractivity contribution in [1.82, 2.24) is 5.32 Å². The molecular formula is C13H27NO2S. The van der Waals surface area contributed by atoms with Gasteiger partial charge in [0.25, 0.3) is 0 Å². The first-order valence-corrected chi connectivity index (χ1v) is 7.93. The fourth-order valence-corrected chi connectivity index (χ4v) is 3.30. The van der Waals surface area contributed by atoms with Crippen LogP contribution in [0.25, 0.3) is 0 Å². The van der Waals surface area contributed by atoms with Crippen molar-refractivity contribution in [2.45, 2.75) is 32.7 Å². The molecule has 1 aliphatic rings. The molecule has 102 valence electrons. The highest BCUT2D eigenvalue weighted by molar-refractivity contribution is 7.99. The Morgan fingerprint density at radius 3 is 2.88 bits per heavy atom. The Kier molecular flexibility index (Phi) is 8.27. The molecule has 1 saturated heterocycles. The second-order valence-corrected chi connectivity index (χ2v) is 6.08. The standard InChI is InChI=1S/C13H27NO2S/c1-3-5-14-13(12-4-6-16-8-12)10-17-9-11(2)7-15/h11-15H,3-10H2,1-2H3. The van der Waals surface area contributed by atoms with Crippen molar-refractivity contribution in [3.63, 3.8) is 0 Å². The molecule has 0 amide bonds. The summed E-state index contributed by atoms with van der Waals surface area (Å²) in [6.45, 7) is 7.53. The lowest BCUT2D eigenvalue weighted by Crippen LogP contribution is -2.39. The van der Waals surface area contributed by atoms with E-state index in [1.165, 1.54) is 12.8 Å². The minimum atomic E-state index is 0.298. The van der Waals surface area contributed by atoms with Gasteiger partial charge in [0.15, 0.2) is 0 Å². The summed E-state index contributed by atoms with van der Waals surface area (Å²) < 4.78 is 5.48. The first-order chi connectivity index (χ1) is 8.27. The van der Waals surface area contributed by atoms with E-state index in [-0.39, 0.29) is 0 Å². The molecule has 17 heavy (non-hydrogen) atoms. The van der Waals surface area contributed by atoms with Crippen LogP contribution in [0.5, 0.6) is 0 Å². The fraction of sp³-hybridized carbons (Fsp3) is 1.00. The van der Waals surface area contributed by atoms with E-state index in [0.717, 1.165) is 31.3 Å². The summed E-state index contributed by atoms with van der Waals surface area (Å²) in [6.07, 6.45) is 2.37. The number of aliphatic hydroxyl groups is 1. The summed E-state index contributed by atoms with van der Waals surface area (Å²) in [5.41, 5.74) is 0. The van der Waals surface area contributed by atoms with Gasteiger partial charge in [0, 0.05) is 30.9 Å². The van der Waals surface area contributed by atoms with E-state index >= 15 is 0 Å². The van der Waals surface area contributed by atoms with Gasteiger partial charge in [0.05, 0.1) is 6.61 Å². The van der Waals surface area contributed by atoms with Crippen LogP contribution in [-0.4, -0.2) is 49.0 Å². The molecule has 0 saturated carbocycles. The van der Waals surface area contributed by atoms with Crippen molar-refractivity contribution in [1.29, 1.82) is 0 Å². The molecule has 2 N–H and O–H groups in total. The Morgan fingerprint density at radius 2 is 2.29 bits per heavy atom. The summed E-state index contributed by atoms with van der Waals surface area (Å²) in [5, 5.41) is 12.6. The van der Waals surface area contributed by atoms with Crippen molar-refractivity contribution in [3.8, 4) is 0 Å². The minimum absolute atomic E-state index is 0.298. The number of nitrogens with one attached hydrogen (secondary N) is 1. The first kappa shape index (κ1) is 15.3. The second-order valence-electron chi connectivity index (χ2n) is 5.01. The van der Waals surface area contributed by atoms with E-state index < -0.39 is 0 Å². The van der Waals surface area contributed by atoms with Crippen molar-refractivity contribution in [2.24, 2.45) is 11.8 Å². The third kappa shape index (κ3) is 6.09. The summed E-state index contributed by atoms with van der Waals surface area (Å²) in [4.78, 5) is 0. The molecule has 3 unspecified atom stereocenters. The fourth-order valence-electron chi connectivity index (χ4n) is 2.01. The highest BCUT2D eigenvalue weighted by Crippen LogP contribution is 2.21. The van der Waals surface area contributed by atoms with Crippen LogP contribution >= 0.6 is 11.8 Å². The van der Waals surface area contributed by atoms with Crippen LogP contribution < -0.4 is 5.32 Å². The summed E-state index contributed by atoms with van der Waals surface area (Å²) in [6, 6.07) is 0.577. The molecule has 0 spiro atoms. The smallest absolute Gasteiger partial charge is 0.0510 e. The maximum absolute atomic E-state index is 9.00. The van der Waals surface area contributed by atoms with Crippen LogP contribution in [0, 0.1) is 11.8 Å². The third-order valence-corrected chi connectivity index (χ3v) is 4.60. The van der Waals surface area contributed by atoms with Gasteiger partial charge in [-0.2, -0.15) is 11.8 Å². The maximum atomic E-state index is 9.00. The molecule has 1 aliphatic heterocycles. The van der Waals surface area contributed by atoms with Crippen molar-refractivity contribution in [3.05, 3.63) is 0 Å². The Morgan fingerprint density at radius 1 is 1.47 bits per heavy atom.